The molecule has 254 valence electrons. The molecule has 0 unspecified atom stereocenters. The molecule has 8 atom stereocenters. The smallest absolute Gasteiger partial charge is 0.338 e. The van der Waals surface area contributed by atoms with Crippen LogP contribution >= 0.6 is 0 Å². The Hall–Kier alpha value is -1.84. The van der Waals surface area contributed by atoms with E-state index in [9.17, 15) is 9.59 Å². The van der Waals surface area contributed by atoms with Crippen molar-refractivity contribution < 1.29 is 19.1 Å². The highest BCUT2D eigenvalue weighted by Crippen LogP contribution is 2.71. The van der Waals surface area contributed by atoms with Crippen LogP contribution in [0.4, 0.5) is 0 Å². The Kier molecular flexibility index (Phi) is 8.49. The molecule has 4 heteroatoms. The number of hydrogen-bond donors (Lipinski definition) is 0. The van der Waals surface area contributed by atoms with Gasteiger partial charge in [-0.2, -0.15) is 0 Å². The van der Waals surface area contributed by atoms with E-state index in [-0.39, 0.29) is 45.8 Å². The molecule has 0 saturated heterocycles. The number of fused-ring (bicyclic) bond motifs is 4. The molecule has 1 aromatic carbocycles. The van der Waals surface area contributed by atoms with Crippen molar-refractivity contribution in [2.24, 2.45) is 57.2 Å². The summed E-state index contributed by atoms with van der Waals surface area (Å²) in [4.78, 5) is 27.4. The standard InChI is InChI=1S/C42H62O4/c1-39(2)33-21-23-41(39,5)35(31(33)25-27-13-9-7-10-14-27)45-37(43)29-17-19-30(20-18-29)38(44)46-36-32(26-28-15-11-8-12-16-28)34-22-24-42(36,6)40(34,3)4/h17-20,27-28,31-36H,7-16,21-26H2,1-6H3/t31-,32-,33+,34+,35+,36+,41-,42-/m1/s1. The van der Waals surface area contributed by atoms with Crippen molar-refractivity contribution >= 4 is 11.9 Å². The van der Waals surface area contributed by atoms with Gasteiger partial charge in [-0.05, 0) is 97.3 Å². The van der Waals surface area contributed by atoms with Gasteiger partial charge in [0.1, 0.15) is 12.2 Å². The van der Waals surface area contributed by atoms with E-state index in [2.05, 4.69) is 41.5 Å². The van der Waals surface area contributed by atoms with Crippen LogP contribution in [0, 0.1) is 57.2 Å². The number of carbonyl (C=O) groups excluding carboxylic acids is 2. The van der Waals surface area contributed by atoms with E-state index < -0.39 is 0 Å². The first-order valence-corrected chi connectivity index (χ1v) is 19.4. The van der Waals surface area contributed by atoms with Crippen LogP contribution in [0.1, 0.15) is 165 Å². The van der Waals surface area contributed by atoms with E-state index in [1.54, 1.807) is 24.3 Å². The molecule has 6 aliphatic rings. The summed E-state index contributed by atoms with van der Waals surface area (Å²) in [5.41, 5.74) is 1.44. The first kappa shape index (κ1) is 32.7. The Morgan fingerprint density at radius 3 is 1.26 bits per heavy atom. The van der Waals surface area contributed by atoms with E-state index in [4.69, 9.17) is 9.47 Å². The van der Waals surface area contributed by atoms with Crippen LogP contribution < -0.4 is 0 Å². The fraction of sp³-hybridized carbons (Fsp3) is 0.810. The highest BCUT2D eigenvalue weighted by Gasteiger charge is 2.68. The molecule has 0 aliphatic heterocycles. The van der Waals surface area contributed by atoms with Crippen LogP contribution in [0.5, 0.6) is 0 Å². The van der Waals surface area contributed by atoms with Gasteiger partial charge in [0.25, 0.3) is 0 Å². The molecular formula is C42H62O4. The first-order chi connectivity index (χ1) is 21.9. The molecule has 0 spiro atoms. The van der Waals surface area contributed by atoms with Gasteiger partial charge in [-0.25, -0.2) is 9.59 Å². The largest absolute Gasteiger partial charge is 0.458 e. The van der Waals surface area contributed by atoms with Crippen LogP contribution in [-0.4, -0.2) is 24.1 Å². The number of rotatable bonds is 8. The maximum atomic E-state index is 13.7. The molecule has 6 saturated carbocycles. The summed E-state index contributed by atoms with van der Waals surface area (Å²) in [5.74, 6) is 3.20. The van der Waals surface area contributed by atoms with Crippen LogP contribution in [0.25, 0.3) is 0 Å². The highest BCUT2D eigenvalue weighted by molar-refractivity contribution is 5.93. The van der Waals surface area contributed by atoms with Crippen molar-refractivity contribution in [2.75, 3.05) is 0 Å². The molecule has 0 aromatic heterocycles. The topological polar surface area (TPSA) is 52.6 Å². The summed E-state index contributed by atoms with van der Waals surface area (Å²) in [6.45, 7) is 14.4. The second-order valence-electron chi connectivity index (χ2n) is 18.6. The fourth-order valence-electron chi connectivity index (χ4n) is 12.7. The summed E-state index contributed by atoms with van der Waals surface area (Å²) in [5, 5.41) is 0. The fourth-order valence-corrected chi connectivity index (χ4v) is 12.7. The normalized spacial score (nSPS) is 39.9. The molecule has 0 amide bonds. The minimum absolute atomic E-state index is 0.00905. The molecule has 4 bridgehead atoms. The van der Waals surface area contributed by atoms with E-state index in [1.807, 2.05) is 0 Å². The van der Waals surface area contributed by atoms with Crippen LogP contribution in [-0.2, 0) is 9.47 Å². The van der Waals surface area contributed by atoms with E-state index in [0.717, 1.165) is 24.7 Å². The second kappa shape index (κ2) is 11.9. The Bertz CT molecular complexity index is 1180. The second-order valence-corrected chi connectivity index (χ2v) is 18.6. The lowest BCUT2D eigenvalue weighted by Gasteiger charge is -2.40. The van der Waals surface area contributed by atoms with Gasteiger partial charge in [-0.15, -0.1) is 0 Å². The molecule has 0 heterocycles. The van der Waals surface area contributed by atoms with Gasteiger partial charge < -0.3 is 9.47 Å². The first-order valence-electron chi connectivity index (χ1n) is 19.4. The average molecular weight is 631 g/mol. The van der Waals surface area contributed by atoms with Crippen molar-refractivity contribution in [2.45, 2.75) is 156 Å². The quantitative estimate of drug-likeness (QED) is 0.268. The maximum absolute atomic E-state index is 13.7. The maximum Gasteiger partial charge on any atom is 0.338 e. The lowest BCUT2D eigenvalue weighted by atomic mass is 9.69. The minimum Gasteiger partial charge on any atom is -0.458 e. The van der Waals surface area contributed by atoms with Crippen molar-refractivity contribution in [3.63, 3.8) is 0 Å². The Morgan fingerprint density at radius 2 is 0.913 bits per heavy atom. The Labute approximate surface area is 279 Å². The van der Waals surface area contributed by atoms with E-state index >= 15 is 0 Å². The van der Waals surface area contributed by atoms with Gasteiger partial charge >= 0.3 is 11.9 Å². The lowest BCUT2D eigenvalue weighted by molar-refractivity contribution is -0.0460. The summed E-state index contributed by atoms with van der Waals surface area (Å²) in [6, 6.07) is 7.17. The summed E-state index contributed by atoms with van der Waals surface area (Å²) < 4.78 is 13.1. The van der Waals surface area contributed by atoms with Gasteiger partial charge in [0.05, 0.1) is 11.1 Å². The summed E-state index contributed by atoms with van der Waals surface area (Å²) >= 11 is 0. The third kappa shape index (κ3) is 5.12. The monoisotopic (exact) mass is 630 g/mol. The van der Waals surface area contributed by atoms with Crippen LogP contribution in [0.3, 0.4) is 0 Å². The Balaban J connectivity index is 1.04. The third-order valence-corrected chi connectivity index (χ3v) is 16.3. The zero-order valence-corrected chi connectivity index (χ0v) is 29.9. The van der Waals surface area contributed by atoms with Crippen LogP contribution in [0.2, 0.25) is 0 Å². The Morgan fingerprint density at radius 1 is 0.565 bits per heavy atom. The minimum atomic E-state index is -0.238. The van der Waals surface area contributed by atoms with E-state index in [0.29, 0.717) is 34.8 Å². The van der Waals surface area contributed by atoms with Crippen molar-refractivity contribution in [3.05, 3.63) is 35.4 Å². The van der Waals surface area contributed by atoms with Crippen molar-refractivity contribution in [1.82, 2.24) is 0 Å². The molecule has 6 fully saturated rings. The molecular weight excluding hydrogens is 568 g/mol. The highest BCUT2D eigenvalue weighted by atomic mass is 16.6. The SMILES string of the molecule is CC1(C)[C@H]2CC[C@]1(C)[C@@H](OC(=O)c1ccc(C(=O)O[C@H]3[C@H](CC4CCCCC4)[C@@H]4CC[C@@]3(C)C4(C)C)cc1)[C@@H]2CC1CCCCC1. The van der Waals surface area contributed by atoms with E-state index in [1.165, 1.54) is 89.9 Å². The number of benzene rings is 1. The zero-order chi connectivity index (χ0) is 32.5. The van der Waals surface area contributed by atoms with Gasteiger partial charge in [-0.1, -0.05) is 106 Å². The summed E-state index contributed by atoms with van der Waals surface area (Å²) in [7, 11) is 0. The molecule has 0 radical (unpaired) electrons. The zero-order valence-electron chi connectivity index (χ0n) is 29.9. The predicted molar refractivity (Wildman–Crippen MR) is 183 cm³/mol. The number of esters is 2. The number of hydrogen-bond acceptors (Lipinski definition) is 4. The average Bonchev–Trinajstić information content (AvgIpc) is 3.54. The molecule has 46 heavy (non-hydrogen) atoms. The molecule has 6 aliphatic carbocycles. The van der Waals surface area contributed by atoms with Gasteiger partial charge in [0.2, 0.25) is 0 Å². The molecule has 0 N–H and O–H groups in total. The molecule has 1 aromatic rings. The number of ether oxygens (including phenoxy) is 2. The van der Waals surface area contributed by atoms with Gasteiger partial charge in [0.15, 0.2) is 0 Å². The molecule has 4 nitrogen and oxygen atoms in total. The van der Waals surface area contributed by atoms with Crippen molar-refractivity contribution in [1.29, 1.82) is 0 Å². The van der Waals surface area contributed by atoms with Crippen LogP contribution in [0.15, 0.2) is 24.3 Å². The third-order valence-electron chi connectivity index (χ3n) is 16.3. The summed E-state index contributed by atoms with van der Waals surface area (Å²) in [6.07, 6.45) is 20.6. The predicted octanol–water partition coefficient (Wildman–Crippen LogP) is 10.8. The number of carbonyl (C=O) groups is 2. The van der Waals surface area contributed by atoms with Gasteiger partial charge in [-0.3, -0.25) is 0 Å². The lowest BCUT2D eigenvalue weighted by Crippen LogP contribution is -2.41. The van der Waals surface area contributed by atoms with Gasteiger partial charge in [0, 0.05) is 22.7 Å². The molecule has 7 rings (SSSR count). The van der Waals surface area contributed by atoms with Crippen molar-refractivity contribution in [3.8, 4) is 0 Å².